The molecule has 0 aliphatic rings. The Hall–Kier alpha value is -1.42. The van der Waals surface area contributed by atoms with Crippen LogP contribution in [0.3, 0.4) is 0 Å². The zero-order chi connectivity index (χ0) is 14.9. The van der Waals surface area contributed by atoms with Gasteiger partial charge in [0.2, 0.25) is 10.0 Å². The number of rotatable bonds is 5. The van der Waals surface area contributed by atoms with Gasteiger partial charge in [-0.3, -0.25) is 0 Å². The van der Waals surface area contributed by atoms with Gasteiger partial charge in [-0.25, -0.2) is 13.6 Å². The van der Waals surface area contributed by atoms with Gasteiger partial charge < -0.3 is 14.3 Å². The number of nitrogens with zero attached hydrogens (tertiary/aromatic N) is 2. The standard InChI is InChI=1S/C11H16N4O4S.ClH/c1-6(13-3)4-10-14-11(19-15-10)8-5-9(7(2)18-8)20(12,16)17;/h5-6,13H,4H2,1-3H3,(H2,12,16,17);1H. The van der Waals surface area contributed by atoms with Gasteiger partial charge in [-0.1, -0.05) is 5.16 Å². The van der Waals surface area contributed by atoms with E-state index in [4.69, 9.17) is 14.1 Å². The molecule has 2 aromatic heterocycles. The number of hydrogen-bond donors (Lipinski definition) is 2. The molecular formula is C11H17ClN4O4S. The van der Waals surface area contributed by atoms with E-state index in [2.05, 4.69) is 15.5 Å². The maximum atomic E-state index is 11.3. The summed E-state index contributed by atoms with van der Waals surface area (Å²) < 4.78 is 33.0. The Morgan fingerprint density at radius 1 is 1.48 bits per heavy atom. The minimum Gasteiger partial charge on any atom is -0.455 e. The maximum Gasteiger partial charge on any atom is 0.293 e. The van der Waals surface area contributed by atoms with Crippen molar-refractivity contribution in [1.82, 2.24) is 15.5 Å². The zero-order valence-corrected chi connectivity index (χ0v) is 13.4. The molecule has 0 aromatic carbocycles. The molecule has 0 fully saturated rings. The van der Waals surface area contributed by atoms with Gasteiger partial charge in [0.25, 0.3) is 5.89 Å². The number of aromatic nitrogens is 2. The number of primary sulfonamides is 1. The fourth-order valence-electron chi connectivity index (χ4n) is 1.67. The molecule has 2 heterocycles. The van der Waals surface area contributed by atoms with Crippen LogP contribution in [0.25, 0.3) is 11.7 Å². The fraction of sp³-hybridized carbons (Fsp3) is 0.455. The molecule has 2 rings (SSSR count). The normalized spacial score (nSPS) is 13.0. The fourth-order valence-corrected chi connectivity index (χ4v) is 2.38. The van der Waals surface area contributed by atoms with Crippen molar-refractivity contribution in [2.45, 2.75) is 31.2 Å². The van der Waals surface area contributed by atoms with Crippen molar-refractivity contribution in [3.8, 4) is 11.7 Å². The van der Waals surface area contributed by atoms with Gasteiger partial charge in [-0.15, -0.1) is 12.4 Å². The van der Waals surface area contributed by atoms with E-state index in [1.165, 1.54) is 13.0 Å². The van der Waals surface area contributed by atoms with E-state index >= 15 is 0 Å². The van der Waals surface area contributed by atoms with Crippen molar-refractivity contribution < 1.29 is 17.4 Å². The van der Waals surface area contributed by atoms with Gasteiger partial charge in [0.1, 0.15) is 10.7 Å². The molecule has 0 aliphatic heterocycles. The van der Waals surface area contributed by atoms with Gasteiger partial charge in [0, 0.05) is 18.5 Å². The quantitative estimate of drug-likeness (QED) is 0.829. The Bertz CT molecular complexity index is 710. The molecule has 0 saturated heterocycles. The van der Waals surface area contributed by atoms with Crippen LogP contribution in [-0.2, 0) is 16.4 Å². The van der Waals surface area contributed by atoms with Crippen LogP contribution >= 0.6 is 12.4 Å². The van der Waals surface area contributed by atoms with Crippen molar-refractivity contribution in [3.05, 3.63) is 17.7 Å². The monoisotopic (exact) mass is 336 g/mol. The summed E-state index contributed by atoms with van der Waals surface area (Å²) in [5.74, 6) is 1.00. The predicted molar refractivity (Wildman–Crippen MR) is 77.6 cm³/mol. The molecular weight excluding hydrogens is 320 g/mol. The van der Waals surface area contributed by atoms with Crippen molar-refractivity contribution in [2.75, 3.05) is 7.05 Å². The number of furan rings is 1. The van der Waals surface area contributed by atoms with Gasteiger partial charge in [0.15, 0.2) is 11.6 Å². The molecule has 0 radical (unpaired) electrons. The molecule has 1 atom stereocenters. The summed E-state index contributed by atoms with van der Waals surface area (Å²) in [4.78, 5) is 4.07. The largest absolute Gasteiger partial charge is 0.455 e. The first-order valence-electron chi connectivity index (χ1n) is 5.94. The third-order valence-electron chi connectivity index (χ3n) is 2.84. The van der Waals surface area contributed by atoms with E-state index in [-0.39, 0.29) is 40.8 Å². The summed E-state index contributed by atoms with van der Waals surface area (Å²) >= 11 is 0. The number of nitrogens with one attached hydrogen (secondary N) is 1. The molecule has 10 heteroatoms. The van der Waals surface area contributed by atoms with Crippen molar-refractivity contribution >= 4 is 22.4 Å². The number of sulfonamides is 1. The molecule has 8 nitrogen and oxygen atoms in total. The van der Waals surface area contributed by atoms with Crippen molar-refractivity contribution in [3.63, 3.8) is 0 Å². The second-order valence-corrected chi connectivity index (χ2v) is 6.02. The van der Waals surface area contributed by atoms with Crippen molar-refractivity contribution in [2.24, 2.45) is 5.14 Å². The first-order valence-corrected chi connectivity index (χ1v) is 7.49. The Labute approximate surface area is 128 Å². The zero-order valence-electron chi connectivity index (χ0n) is 11.8. The Morgan fingerprint density at radius 3 is 2.67 bits per heavy atom. The van der Waals surface area contributed by atoms with E-state index < -0.39 is 10.0 Å². The van der Waals surface area contributed by atoms with Crippen LogP contribution in [0.2, 0.25) is 0 Å². The van der Waals surface area contributed by atoms with Crippen LogP contribution in [-0.4, -0.2) is 31.6 Å². The van der Waals surface area contributed by atoms with Gasteiger partial charge >= 0.3 is 0 Å². The second-order valence-electron chi connectivity index (χ2n) is 4.49. The van der Waals surface area contributed by atoms with E-state index in [0.29, 0.717) is 12.2 Å². The summed E-state index contributed by atoms with van der Waals surface area (Å²) in [5, 5.41) is 11.9. The van der Waals surface area contributed by atoms with Crippen LogP contribution in [0.1, 0.15) is 18.5 Å². The first-order chi connectivity index (χ1) is 9.31. The van der Waals surface area contributed by atoms with Crippen LogP contribution in [0.4, 0.5) is 0 Å². The lowest BCUT2D eigenvalue weighted by molar-refractivity contribution is 0.403. The Morgan fingerprint density at radius 2 is 2.14 bits per heavy atom. The highest BCUT2D eigenvalue weighted by Gasteiger charge is 2.21. The summed E-state index contributed by atoms with van der Waals surface area (Å²) in [6.45, 7) is 3.48. The van der Waals surface area contributed by atoms with Crippen molar-refractivity contribution in [1.29, 1.82) is 0 Å². The number of nitrogens with two attached hydrogens (primary N) is 1. The van der Waals surface area contributed by atoms with E-state index in [1.54, 1.807) is 0 Å². The van der Waals surface area contributed by atoms with Crippen LogP contribution in [0.5, 0.6) is 0 Å². The molecule has 3 N–H and O–H groups in total. The van der Waals surface area contributed by atoms with Crippen LogP contribution < -0.4 is 10.5 Å². The molecule has 0 spiro atoms. The highest BCUT2D eigenvalue weighted by atomic mass is 35.5. The number of hydrogen-bond acceptors (Lipinski definition) is 7. The minimum atomic E-state index is -3.83. The molecule has 0 aliphatic carbocycles. The summed E-state index contributed by atoms with van der Waals surface area (Å²) in [6, 6.07) is 1.47. The molecule has 2 aromatic rings. The third-order valence-corrected chi connectivity index (χ3v) is 3.86. The average molecular weight is 337 g/mol. The number of aryl methyl sites for hydroxylation is 1. The topological polar surface area (TPSA) is 124 Å². The molecule has 118 valence electrons. The molecule has 0 saturated carbocycles. The lowest BCUT2D eigenvalue weighted by Crippen LogP contribution is -2.24. The van der Waals surface area contributed by atoms with E-state index in [9.17, 15) is 8.42 Å². The maximum absolute atomic E-state index is 11.3. The molecule has 21 heavy (non-hydrogen) atoms. The van der Waals surface area contributed by atoms with Crippen LogP contribution in [0.15, 0.2) is 19.9 Å². The molecule has 0 bridgehead atoms. The smallest absolute Gasteiger partial charge is 0.293 e. The minimum absolute atomic E-state index is 0. The summed E-state index contributed by atoms with van der Waals surface area (Å²) in [7, 11) is -2.00. The van der Waals surface area contributed by atoms with Crippen LogP contribution in [0, 0.1) is 6.92 Å². The lowest BCUT2D eigenvalue weighted by Gasteiger charge is -2.04. The van der Waals surface area contributed by atoms with E-state index in [1.807, 2.05) is 14.0 Å². The SMILES string of the molecule is CNC(C)Cc1noc(-c2cc(S(N)(=O)=O)c(C)o2)n1.Cl. The second kappa shape index (κ2) is 6.56. The van der Waals surface area contributed by atoms with E-state index in [0.717, 1.165) is 0 Å². The lowest BCUT2D eigenvalue weighted by atomic mass is 10.2. The highest BCUT2D eigenvalue weighted by molar-refractivity contribution is 7.89. The average Bonchev–Trinajstić information content (AvgIpc) is 2.94. The third kappa shape index (κ3) is 4.03. The Balaban J connectivity index is 0.00000220. The summed E-state index contributed by atoms with van der Waals surface area (Å²) in [5.41, 5.74) is 0. The molecule has 0 amide bonds. The summed E-state index contributed by atoms with van der Waals surface area (Å²) in [6.07, 6.45) is 0.585. The van der Waals surface area contributed by atoms with Gasteiger partial charge in [-0.05, 0) is 20.9 Å². The predicted octanol–water partition coefficient (Wildman–Crippen LogP) is 0.858. The highest BCUT2D eigenvalue weighted by Crippen LogP contribution is 2.26. The molecule has 1 unspecified atom stereocenters. The van der Waals surface area contributed by atoms with Gasteiger partial charge in [-0.2, -0.15) is 4.98 Å². The first kappa shape index (κ1) is 17.6. The number of likely N-dealkylation sites (N-methyl/N-ethyl adjacent to an activating group) is 1. The number of halogens is 1. The Kier molecular flexibility index (Phi) is 5.51. The van der Waals surface area contributed by atoms with Gasteiger partial charge in [0.05, 0.1) is 0 Å².